The summed E-state index contributed by atoms with van der Waals surface area (Å²) in [5.74, 6) is 0.978. The molecule has 6 nitrogen and oxygen atoms in total. The molecule has 1 N–H and O–H groups in total. The molecule has 1 saturated heterocycles. The largest absolute Gasteiger partial charge is 0.496 e. The summed E-state index contributed by atoms with van der Waals surface area (Å²) in [6, 6.07) is 9.94. The van der Waals surface area contributed by atoms with Crippen molar-refractivity contribution in [2.24, 2.45) is 5.16 Å². The van der Waals surface area contributed by atoms with Crippen LogP contribution < -0.4 is 4.74 Å². The number of hydrogen-bond acceptors (Lipinski definition) is 6. The molecular formula is C27H28FN3O3. The SMILES string of the molecule is C=C/C(F)=C\C=C(/C)C1(CO)ON=C2/C(=C/c3ccc(-c4ccncc4)c(OC)c3)CCCN21. The van der Waals surface area contributed by atoms with Gasteiger partial charge in [-0.05, 0) is 78.5 Å². The number of fused-ring (bicyclic) bond motifs is 1. The topological polar surface area (TPSA) is 67.2 Å². The average Bonchev–Trinajstić information content (AvgIpc) is 3.28. The molecule has 0 radical (unpaired) electrons. The molecule has 1 fully saturated rings. The summed E-state index contributed by atoms with van der Waals surface area (Å²) in [5, 5.41) is 14.6. The predicted molar refractivity (Wildman–Crippen MR) is 132 cm³/mol. The van der Waals surface area contributed by atoms with Crippen LogP contribution in [0.2, 0.25) is 0 Å². The number of rotatable bonds is 7. The van der Waals surface area contributed by atoms with Crippen LogP contribution in [0.1, 0.15) is 25.3 Å². The highest BCUT2D eigenvalue weighted by Crippen LogP contribution is 2.38. The average molecular weight is 462 g/mol. The minimum absolute atomic E-state index is 0.312. The smallest absolute Gasteiger partial charge is 0.256 e. The van der Waals surface area contributed by atoms with E-state index in [0.717, 1.165) is 46.9 Å². The maximum atomic E-state index is 13.6. The maximum absolute atomic E-state index is 13.6. The number of benzene rings is 1. The first-order chi connectivity index (χ1) is 16.5. The lowest BCUT2D eigenvalue weighted by molar-refractivity contribution is -0.101. The number of aliphatic hydroxyl groups is 1. The molecule has 7 heteroatoms. The van der Waals surface area contributed by atoms with Crippen molar-refractivity contribution in [2.75, 3.05) is 20.3 Å². The van der Waals surface area contributed by atoms with Gasteiger partial charge in [0.2, 0.25) is 0 Å². The normalized spacial score (nSPS) is 21.7. The van der Waals surface area contributed by atoms with E-state index in [1.54, 1.807) is 32.5 Å². The Labute approximate surface area is 199 Å². The number of amidine groups is 1. The van der Waals surface area contributed by atoms with Crippen molar-refractivity contribution in [3.63, 3.8) is 0 Å². The monoisotopic (exact) mass is 461 g/mol. The Morgan fingerprint density at radius 3 is 2.79 bits per heavy atom. The minimum atomic E-state index is -1.16. The minimum Gasteiger partial charge on any atom is -0.496 e. The molecule has 176 valence electrons. The van der Waals surface area contributed by atoms with E-state index in [0.29, 0.717) is 18.0 Å². The van der Waals surface area contributed by atoms with Crippen molar-refractivity contribution in [3.8, 4) is 16.9 Å². The lowest BCUT2D eigenvalue weighted by Gasteiger charge is -2.39. The molecule has 4 rings (SSSR count). The van der Waals surface area contributed by atoms with Gasteiger partial charge in [0.1, 0.15) is 18.2 Å². The Hall–Kier alpha value is -3.71. The number of allylic oxidation sites excluding steroid dienone is 4. The van der Waals surface area contributed by atoms with Crippen molar-refractivity contribution in [2.45, 2.75) is 25.5 Å². The fourth-order valence-electron chi connectivity index (χ4n) is 4.28. The highest BCUT2D eigenvalue weighted by molar-refractivity contribution is 6.03. The number of ether oxygens (including phenoxy) is 1. The van der Waals surface area contributed by atoms with Gasteiger partial charge in [0, 0.05) is 24.5 Å². The summed E-state index contributed by atoms with van der Waals surface area (Å²) < 4.78 is 19.2. The molecule has 0 aliphatic carbocycles. The number of hydrogen-bond donors (Lipinski definition) is 1. The van der Waals surface area contributed by atoms with Gasteiger partial charge in [-0.1, -0.05) is 29.9 Å². The predicted octanol–water partition coefficient (Wildman–Crippen LogP) is 5.25. The molecule has 3 heterocycles. The second-order valence-corrected chi connectivity index (χ2v) is 8.17. The summed E-state index contributed by atoms with van der Waals surface area (Å²) in [7, 11) is 1.66. The molecule has 34 heavy (non-hydrogen) atoms. The van der Waals surface area contributed by atoms with Gasteiger partial charge < -0.3 is 19.6 Å². The lowest BCUT2D eigenvalue weighted by Crippen LogP contribution is -2.54. The zero-order chi connectivity index (χ0) is 24.1. The van der Waals surface area contributed by atoms with Crippen LogP contribution in [0.25, 0.3) is 17.2 Å². The van der Waals surface area contributed by atoms with E-state index in [4.69, 9.17) is 9.57 Å². The molecule has 0 bridgehead atoms. The van der Waals surface area contributed by atoms with E-state index in [-0.39, 0.29) is 6.61 Å². The van der Waals surface area contributed by atoms with Crippen LogP contribution in [0, 0.1) is 0 Å². The number of aromatic nitrogens is 1. The summed E-state index contributed by atoms with van der Waals surface area (Å²) in [6.45, 7) is 5.57. The van der Waals surface area contributed by atoms with Crippen LogP contribution in [0.5, 0.6) is 5.75 Å². The Kier molecular flexibility index (Phi) is 6.93. The van der Waals surface area contributed by atoms with Crippen LogP contribution in [-0.4, -0.2) is 46.8 Å². The number of piperidine rings is 1. The molecule has 1 aromatic carbocycles. The second kappa shape index (κ2) is 10.1. The third-order valence-electron chi connectivity index (χ3n) is 6.17. The van der Waals surface area contributed by atoms with E-state index in [9.17, 15) is 9.50 Å². The summed E-state index contributed by atoms with van der Waals surface area (Å²) >= 11 is 0. The quantitative estimate of drug-likeness (QED) is 0.570. The molecule has 0 spiro atoms. The van der Waals surface area contributed by atoms with Gasteiger partial charge in [0.25, 0.3) is 5.72 Å². The van der Waals surface area contributed by atoms with Gasteiger partial charge in [0.05, 0.1) is 7.11 Å². The van der Waals surface area contributed by atoms with Crippen LogP contribution in [0.4, 0.5) is 4.39 Å². The Morgan fingerprint density at radius 1 is 1.29 bits per heavy atom. The van der Waals surface area contributed by atoms with Gasteiger partial charge in [-0.15, -0.1) is 0 Å². The first-order valence-electron chi connectivity index (χ1n) is 11.1. The Morgan fingerprint density at radius 2 is 2.09 bits per heavy atom. The number of oxime groups is 1. The molecular weight excluding hydrogens is 433 g/mol. The fraction of sp³-hybridized carbons (Fsp3) is 0.259. The van der Waals surface area contributed by atoms with Crippen molar-refractivity contribution in [1.82, 2.24) is 9.88 Å². The van der Waals surface area contributed by atoms with E-state index in [1.165, 1.54) is 6.08 Å². The van der Waals surface area contributed by atoms with Crippen LogP contribution in [0.3, 0.4) is 0 Å². The number of methoxy groups -OCH3 is 1. The molecule has 2 aliphatic rings. The molecule has 1 atom stereocenters. The van der Waals surface area contributed by atoms with Crippen molar-refractivity contribution in [1.29, 1.82) is 0 Å². The number of halogens is 1. The van der Waals surface area contributed by atoms with Gasteiger partial charge in [-0.25, -0.2) is 4.39 Å². The summed E-state index contributed by atoms with van der Waals surface area (Å²) in [6.07, 6.45) is 11.3. The highest BCUT2D eigenvalue weighted by Gasteiger charge is 2.49. The Balaban J connectivity index is 1.65. The van der Waals surface area contributed by atoms with Crippen molar-refractivity contribution in [3.05, 3.63) is 90.1 Å². The first-order valence-corrected chi connectivity index (χ1v) is 11.1. The van der Waals surface area contributed by atoms with Gasteiger partial charge in [-0.3, -0.25) is 4.98 Å². The third-order valence-corrected chi connectivity index (χ3v) is 6.17. The summed E-state index contributed by atoms with van der Waals surface area (Å²) in [4.78, 5) is 11.8. The number of aliphatic hydroxyl groups excluding tert-OH is 1. The van der Waals surface area contributed by atoms with Gasteiger partial charge in [0.15, 0.2) is 5.84 Å². The second-order valence-electron chi connectivity index (χ2n) is 8.17. The van der Waals surface area contributed by atoms with E-state index >= 15 is 0 Å². The molecule has 1 aromatic heterocycles. The van der Waals surface area contributed by atoms with E-state index in [1.807, 2.05) is 35.2 Å². The van der Waals surface area contributed by atoms with Crippen LogP contribution >= 0.6 is 0 Å². The van der Waals surface area contributed by atoms with Crippen molar-refractivity contribution < 1.29 is 19.1 Å². The van der Waals surface area contributed by atoms with Crippen LogP contribution in [0.15, 0.2) is 89.7 Å². The standard InChI is InChI=1S/C27H28FN3O3/c1-4-23(28)9-7-19(2)27(18-32)31-15-5-6-22(26(31)30-34-27)16-20-8-10-24(25(17-20)33-3)21-11-13-29-14-12-21/h4,7-14,16-17,32H,1,5-6,15,18H2,2-3H3/b19-7+,22-16+,23-9+. The summed E-state index contributed by atoms with van der Waals surface area (Å²) in [5.41, 5.74) is 3.48. The van der Waals surface area contributed by atoms with E-state index < -0.39 is 11.6 Å². The van der Waals surface area contributed by atoms with Crippen LogP contribution in [-0.2, 0) is 4.84 Å². The van der Waals surface area contributed by atoms with Gasteiger partial charge >= 0.3 is 0 Å². The maximum Gasteiger partial charge on any atom is 0.256 e. The zero-order valence-corrected chi connectivity index (χ0v) is 19.4. The molecule has 0 amide bonds. The van der Waals surface area contributed by atoms with E-state index in [2.05, 4.69) is 22.8 Å². The molecule has 1 unspecified atom stereocenters. The highest BCUT2D eigenvalue weighted by atomic mass is 19.1. The van der Waals surface area contributed by atoms with Crippen molar-refractivity contribution >= 4 is 11.9 Å². The zero-order valence-electron chi connectivity index (χ0n) is 19.4. The molecule has 0 saturated carbocycles. The molecule has 2 aromatic rings. The Bertz CT molecular complexity index is 1190. The molecule has 2 aliphatic heterocycles. The van der Waals surface area contributed by atoms with Gasteiger partial charge in [-0.2, -0.15) is 0 Å². The number of pyridine rings is 1. The lowest BCUT2D eigenvalue weighted by atomic mass is 9.94. The number of nitrogens with zero attached hydrogens (tertiary/aromatic N) is 3. The first kappa shape index (κ1) is 23.4. The fourth-order valence-corrected chi connectivity index (χ4v) is 4.28. The third kappa shape index (κ3) is 4.39.